The molecule has 2 aliphatic rings. The summed E-state index contributed by atoms with van der Waals surface area (Å²) in [5, 5.41) is 12.0. The number of carbonyl (C=O) groups excluding carboxylic acids is 2. The second-order valence-corrected chi connectivity index (χ2v) is 6.21. The monoisotopic (exact) mass is 320 g/mol. The van der Waals surface area contributed by atoms with Gasteiger partial charge in [-0.3, -0.25) is 9.59 Å². The molecule has 23 heavy (non-hydrogen) atoms. The molecule has 2 amide bonds. The van der Waals surface area contributed by atoms with Crippen molar-refractivity contribution in [3.8, 4) is 0 Å². The van der Waals surface area contributed by atoms with Crippen molar-refractivity contribution in [3.63, 3.8) is 0 Å². The van der Waals surface area contributed by atoms with Gasteiger partial charge in [0, 0.05) is 18.5 Å². The Balaban J connectivity index is 1.97. The number of carbonyl (C=O) groups is 3. The van der Waals surface area contributed by atoms with Crippen LogP contribution in [0.15, 0.2) is 24.9 Å². The highest BCUT2D eigenvalue weighted by molar-refractivity contribution is 5.95. The molecule has 126 valence electrons. The van der Waals surface area contributed by atoms with E-state index in [9.17, 15) is 19.5 Å². The van der Waals surface area contributed by atoms with Crippen LogP contribution in [0.25, 0.3) is 0 Å². The number of carboxylic acid groups (broad SMARTS) is 1. The lowest BCUT2D eigenvalue weighted by Gasteiger charge is -2.25. The first-order valence-electron chi connectivity index (χ1n) is 8.12. The predicted molar refractivity (Wildman–Crippen MR) is 85.3 cm³/mol. The highest BCUT2D eigenvalue weighted by atomic mass is 16.4. The predicted octanol–water partition coefficient (Wildman–Crippen LogP) is 1.83. The number of hydrogen-bond donors (Lipinski definition) is 2. The summed E-state index contributed by atoms with van der Waals surface area (Å²) in [6, 6.07) is -0.647. The third-order valence-corrected chi connectivity index (χ3v) is 4.57. The first kappa shape index (κ1) is 17.2. The van der Waals surface area contributed by atoms with Crippen molar-refractivity contribution in [1.29, 1.82) is 0 Å². The lowest BCUT2D eigenvalue weighted by molar-refractivity contribution is -0.145. The third kappa shape index (κ3) is 3.46. The fraction of sp³-hybridized carbons (Fsp3) is 0.588. The number of nitrogens with zero attached hydrogens (tertiary/aromatic N) is 1. The molecule has 1 fully saturated rings. The van der Waals surface area contributed by atoms with Crippen LogP contribution in [0.4, 0.5) is 0 Å². The summed E-state index contributed by atoms with van der Waals surface area (Å²) in [6.45, 7) is 5.66. The Bertz CT molecular complexity index is 543. The Labute approximate surface area is 136 Å². The number of rotatable bonds is 8. The molecular formula is C17H24N2O4. The maximum absolute atomic E-state index is 12.5. The molecule has 0 radical (unpaired) electrons. The number of carboxylic acids is 1. The largest absolute Gasteiger partial charge is 0.479 e. The fourth-order valence-electron chi connectivity index (χ4n) is 2.99. The molecule has 0 bridgehead atoms. The van der Waals surface area contributed by atoms with E-state index in [4.69, 9.17) is 0 Å². The molecule has 2 N–H and O–H groups in total. The van der Waals surface area contributed by atoms with Crippen molar-refractivity contribution in [2.75, 3.05) is 0 Å². The van der Waals surface area contributed by atoms with Gasteiger partial charge in [-0.2, -0.15) is 0 Å². The summed E-state index contributed by atoms with van der Waals surface area (Å²) >= 11 is 0. The van der Waals surface area contributed by atoms with Crippen LogP contribution in [-0.2, 0) is 14.4 Å². The molecule has 0 aromatic heterocycles. The minimum Gasteiger partial charge on any atom is -0.479 e. The first-order chi connectivity index (χ1) is 11.0. The highest BCUT2D eigenvalue weighted by Crippen LogP contribution is 2.44. The van der Waals surface area contributed by atoms with E-state index < -0.39 is 23.5 Å². The molecule has 1 aliphatic heterocycles. The van der Waals surface area contributed by atoms with Gasteiger partial charge in [-0.15, -0.1) is 6.58 Å². The Morgan fingerprint density at radius 1 is 1.43 bits per heavy atom. The molecule has 1 saturated carbocycles. The van der Waals surface area contributed by atoms with Gasteiger partial charge in [-0.05, 0) is 19.3 Å². The van der Waals surface area contributed by atoms with Gasteiger partial charge in [-0.1, -0.05) is 31.9 Å². The second kappa shape index (κ2) is 6.98. The minimum atomic E-state index is -1.25. The molecule has 1 heterocycles. The van der Waals surface area contributed by atoms with Crippen molar-refractivity contribution in [2.24, 2.45) is 5.92 Å². The summed E-state index contributed by atoms with van der Waals surface area (Å²) in [5.41, 5.74) is -1.25. The van der Waals surface area contributed by atoms with Gasteiger partial charge in [0.1, 0.15) is 11.6 Å². The standard InChI is InChI=1S/C17H24N2O4/c1-3-5-6-9-14(20)19-10-7-8-13(19)15(21)18-17(16(22)23)11-12(17)4-2/h4,7,10,12-13H,2-3,5-6,8-9,11H2,1H3,(H,18,21)(H,22,23)/t12-,13+,17-/m1/s1. The van der Waals surface area contributed by atoms with Gasteiger partial charge in [0.2, 0.25) is 11.8 Å². The smallest absolute Gasteiger partial charge is 0.330 e. The molecule has 0 saturated heterocycles. The van der Waals surface area contributed by atoms with Gasteiger partial charge in [0.05, 0.1) is 0 Å². The molecule has 6 nitrogen and oxygen atoms in total. The molecule has 2 rings (SSSR count). The Hall–Kier alpha value is -2.11. The van der Waals surface area contributed by atoms with E-state index in [0.29, 0.717) is 19.3 Å². The normalized spacial score (nSPS) is 28.5. The molecule has 0 unspecified atom stereocenters. The molecule has 0 spiro atoms. The second-order valence-electron chi connectivity index (χ2n) is 6.21. The van der Waals surface area contributed by atoms with Gasteiger partial charge >= 0.3 is 5.97 Å². The average molecular weight is 320 g/mol. The molecular weight excluding hydrogens is 296 g/mol. The van der Waals surface area contributed by atoms with Gasteiger partial charge in [0.15, 0.2) is 0 Å². The molecule has 3 atom stereocenters. The van der Waals surface area contributed by atoms with Crippen LogP contribution in [0.1, 0.15) is 45.4 Å². The Morgan fingerprint density at radius 3 is 2.74 bits per heavy atom. The van der Waals surface area contributed by atoms with E-state index in [2.05, 4.69) is 18.8 Å². The SMILES string of the molecule is C=C[C@@H]1C[C@]1(NC(=O)[C@@H]1CC=CN1C(=O)CCCCC)C(=O)O. The zero-order valence-corrected chi connectivity index (χ0v) is 13.5. The zero-order chi connectivity index (χ0) is 17.0. The quantitative estimate of drug-likeness (QED) is 0.527. The third-order valence-electron chi connectivity index (χ3n) is 4.57. The van der Waals surface area contributed by atoms with Crippen LogP contribution >= 0.6 is 0 Å². The van der Waals surface area contributed by atoms with E-state index in [1.807, 2.05) is 0 Å². The summed E-state index contributed by atoms with van der Waals surface area (Å²) in [4.78, 5) is 37.6. The van der Waals surface area contributed by atoms with Crippen LogP contribution in [-0.4, -0.2) is 39.4 Å². The first-order valence-corrected chi connectivity index (χ1v) is 8.12. The summed E-state index contributed by atoms with van der Waals surface area (Å²) < 4.78 is 0. The lowest BCUT2D eigenvalue weighted by Crippen LogP contribution is -2.52. The van der Waals surface area contributed by atoms with Crippen LogP contribution in [0.3, 0.4) is 0 Å². The zero-order valence-electron chi connectivity index (χ0n) is 13.5. The van der Waals surface area contributed by atoms with E-state index in [1.54, 1.807) is 18.4 Å². The fourth-order valence-corrected chi connectivity index (χ4v) is 2.99. The Morgan fingerprint density at radius 2 is 2.17 bits per heavy atom. The van der Waals surface area contributed by atoms with Crippen LogP contribution in [0.5, 0.6) is 0 Å². The topological polar surface area (TPSA) is 86.7 Å². The van der Waals surface area contributed by atoms with E-state index in [0.717, 1.165) is 19.3 Å². The van der Waals surface area contributed by atoms with Crippen molar-refractivity contribution in [2.45, 2.75) is 57.0 Å². The average Bonchev–Trinajstić information content (AvgIpc) is 3.02. The van der Waals surface area contributed by atoms with Crippen molar-refractivity contribution >= 4 is 17.8 Å². The van der Waals surface area contributed by atoms with Gasteiger partial charge < -0.3 is 15.3 Å². The van der Waals surface area contributed by atoms with Gasteiger partial charge in [-0.25, -0.2) is 4.79 Å². The number of aliphatic carboxylic acids is 1. The molecule has 0 aromatic carbocycles. The van der Waals surface area contributed by atoms with Crippen molar-refractivity contribution < 1.29 is 19.5 Å². The van der Waals surface area contributed by atoms with Crippen LogP contribution < -0.4 is 5.32 Å². The summed E-state index contributed by atoms with van der Waals surface area (Å²) in [7, 11) is 0. The van der Waals surface area contributed by atoms with Crippen molar-refractivity contribution in [1.82, 2.24) is 10.2 Å². The Kier molecular flexibility index (Phi) is 5.23. The molecule has 1 aliphatic carbocycles. The van der Waals surface area contributed by atoms with E-state index in [-0.39, 0.29) is 11.8 Å². The maximum atomic E-state index is 12.5. The summed E-state index contributed by atoms with van der Waals surface area (Å²) in [5.74, 6) is -1.81. The van der Waals surface area contributed by atoms with E-state index in [1.165, 1.54) is 4.90 Å². The van der Waals surface area contributed by atoms with Crippen LogP contribution in [0.2, 0.25) is 0 Å². The highest BCUT2D eigenvalue weighted by Gasteiger charge is 2.60. The minimum absolute atomic E-state index is 0.0900. The van der Waals surface area contributed by atoms with Gasteiger partial charge in [0.25, 0.3) is 0 Å². The number of hydrogen-bond acceptors (Lipinski definition) is 3. The number of nitrogens with one attached hydrogen (secondary N) is 1. The maximum Gasteiger partial charge on any atom is 0.330 e. The lowest BCUT2D eigenvalue weighted by atomic mass is 10.1. The van der Waals surface area contributed by atoms with E-state index >= 15 is 0 Å². The molecule has 0 aromatic rings. The number of amides is 2. The van der Waals surface area contributed by atoms with Crippen LogP contribution in [0, 0.1) is 5.92 Å². The summed E-state index contributed by atoms with van der Waals surface area (Å²) in [6.07, 6.45) is 8.92. The molecule has 6 heteroatoms. The van der Waals surface area contributed by atoms with Crippen molar-refractivity contribution in [3.05, 3.63) is 24.9 Å². The number of unbranched alkanes of at least 4 members (excludes halogenated alkanes) is 2.